The van der Waals surface area contributed by atoms with Crippen molar-refractivity contribution in [2.24, 2.45) is 5.10 Å². The number of amides is 2. The molecule has 0 aliphatic carbocycles. The van der Waals surface area contributed by atoms with Crippen molar-refractivity contribution in [3.05, 3.63) is 29.8 Å². The number of hydrogen-bond donors (Lipinski definition) is 2. The van der Waals surface area contributed by atoms with Crippen LogP contribution in [0.2, 0.25) is 0 Å². The highest BCUT2D eigenvalue weighted by Crippen LogP contribution is 2.19. The molecule has 0 heterocycles. The Morgan fingerprint density at radius 2 is 1.85 bits per heavy atom. The van der Waals surface area contributed by atoms with Crippen LogP contribution in [-0.4, -0.2) is 23.7 Å². The molecule has 1 aromatic carbocycles. The summed E-state index contributed by atoms with van der Waals surface area (Å²) in [6.45, 7) is 2.84. The Morgan fingerprint density at radius 3 is 2.40 bits per heavy atom. The van der Waals surface area contributed by atoms with Gasteiger partial charge in [-0.1, -0.05) is 12.1 Å². The number of nitrogens with one attached hydrogen (secondary N) is 2. The van der Waals surface area contributed by atoms with Crippen LogP contribution in [0.3, 0.4) is 0 Å². The monoisotopic (exact) mass is 287 g/mol. The molecule has 0 aliphatic rings. The van der Waals surface area contributed by atoms with E-state index in [9.17, 15) is 22.8 Å². The number of nitrogens with zero attached hydrogens (tertiary/aromatic N) is 1. The van der Waals surface area contributed by atoms with Gasteiger partial charge in [0.15, 0.2) is 0 Å². The average molecular weight is 287 g/mol. The van der Waals surface area contributed by atoms with Gasteiger partial charge in [0.25, 0.3) is 0 Å². The van der Waals surface area contributed by atoms with E-state index in [1.54, 1.807) is 18.3 Å². The molecule has 0 spiro atoms. The number of hydrazone groups is 1. The lowest BCUT2D eigenvalue weighted by molar-refractivity contribution is -0.167. The summed E-state index contributed by atoms with van der Waals surface area (Å²) in [6, 6.07) is 5.70. The lowest BCUT2D eigenvalue weighted by Crippen LogP contribution is -2.29. The minimum atomic E-state index is -4.95. The summed E-state index contributed by atoms with van der Waals surface area (Å²) in [4.78, 5) is 21.5. The minimum Gasteiger partial charge on any atom is -0.318 e. The Bertz CT molecular complexity index is 553. The number of alkyl halides is 3. The molecule has 0 aromatic heterocycles. The summed E-state index contributed by atoms with van der Waals surface area (Å²) in [5, 5.41) is 5.48. The van der Waals surface area contributed by atoms with Crippen LogP contribution in [0.25, 0.3) is 0 Å². The van der Waals surface area contributed by atoms with E-state index >= 15 is 0 Å². The van der Waals surface area contributed by atoms with E-state index in [2.05, 4.69) is 10.5 Å². The molecule has 0 aliphatic heterocycles. The first-order valence-corrected chi connectivity index (χ1v) is 5.49. The molecule has 20 heavy (non-hydrogen) atoms. The van der Waals surface area contributed by atoms with Crippen molar-refractivity contribution in [3.63, 3.8) is 0 Å². The van der Waals surface area contributed by atoms with Gasteiger partial charge in [0.2, 0.25) is 5.91 Å². The third-order valence-corrected chi connectivity index (χ3v) is 2.18. The van der Waals surface area contributed by atoms with Crippen LogP contribution in [0.1, 0.15) is 19.4 Å². The van der Waals surface area contributed by atoms with Gasteiger partial charge in [0, 0.05) is 12.6 Å². The van der Waals surface area contributed by atoms with E-state index in [0.717, 1.165) is 0 Å². The maximum Gasteiger partial charge on any atom is 0.471 e. The Morgan fingerprint density at radius 1 is 1.20 bits per heavy atom. The molecule has 5 nitrogen and oxygen atoms in total. The molecule has 0 saturated carbocycles. The summed E-state index contributed by atoms with van der Waals surface area (Å²) >= 11 is 0. The fourth-order valence-electron chi connectivity index (χ4n) is 1.25. The molecular formula is C12H12F3N3O2. The molecule has 0 saturated heterocycles. The van der Waals surface area contributed by atoms with Crippen LogP contribution in [0.4, 0.5) is 18.9 Å². The number of rotatable bonds is 3. The third kappa shape index (κ3) is 4.71. The normalized spacial score (nSPS) is 11.9. The zero-order valence-corrected chi connectivity index (χ0v) is 10.7. The van der Waals surface area contributed by atoms with Crippen LogP contribution >= 0.6 is 0 Å². The molecule has 1 rings (SSSR count). The fraction of sp³-hybridized carbons (Fsp3) is 0.250. The average Bonchev–Trinajstić information content (AvgIpc) is 2.35. The Balaban J connectivity index is 2.88. The largest absolute Gasteiger partial charge is 0.471 e. The predicted molar refractivity (Wildman–Crippen MR) is 67.2 cm³/mol. The lowest BCUT2D eigenvalue weighted by Gasteiger charge is -2.09. The standard InChI is InChI=1S/C12H12F3N3O2/c1-7(17-18-8(2)19)9-4-3-5-10(6-9)16-11(20)12(13,14)15/h3-6H,1-2H3,(H,16,20)(H,18,19)/b17-7-. The molecule has 0 atom stereocenters. The molecule has 108 valence electrons. The summed E-state index contributed by atoms with van der Waals surface area (Å²) in [5.74, 6) is -2.42. The first kappa shape index (κ1) is 15.7. The molecule has 2 amide bonds. The van der Waals surface area contributed by atoms with E-state index in [0.29, 0.717) is 11.3 Å². The van der Waals surface area contributed by atoms with Crippen molar-refractivity contribution in [2.45, 2.75) is 20.0 Å². The zero-order chi connectivity index (χ0) is 15.3. The van der Waals surface area contributed by atoms with E-state index in [1.807, 2.05) is 0 Å². The van der Waals surface area contributed by atoms with Gasteiger partial charge in [-0.25, -0.2) is 5.43 Å². The van der Waals surface area contributed by atoms with Crippen LogP contribution in [0.15, 0.2) is 29.4 Å². The van der Waals surface area contributed by atoms with Crippen molar-refractivity contribution in [1.82, 2.24) is 5.43 Å². The van der Waals surface area contributed by atoms with Crippen LogP contribution in [-0.2, 0) is 9.59 Å². The second-order valence-electron chi connectivity index (χ2n) is 3.90. The van der Waals surface area contributed by atoms with Gasteiger partial charge >= 0.3 is 12.1 Å². The molecular weight excluding hydrogens is 275 g/mol. The quantitative estimate of drug-likeness (QED) is 0.659. The van der Waals surface area contributed by atoms with Gasteiger partial charge in [0.05, 0.1) is 5.71 Å². The molecule has 0 bridgehead atoms. The van der Waals surface area contributed by atoms with Gasteiger partial charge in [0.1, 0.15) is 0 Å². The molecule has 8 heteroatoms. The molecule has 2 N–H and O–H groups in total. The number of benzene rings is 1. The first-order valence-electron chi connectivity index (χ1n) is 5.49. The Kier molecular flexibility index (Phi) is 4.84. The summed E-state index contributed by atoms with van der Waals surface area (Å²) in [6.07, 6.45) is -4.95. The van der Waals surface area contributed by atoms with Crippen molar-refractivity contribution in [3.8, 4) is 0 Å². The predicted octanol–water partition coefficient (Wildman–Crippen LogP) is 2.05. The molecule has 0 unspecified atom stereocenters. The van der Waals surface area contributed by atoms with Crippen molar-refractivity contribution in [1.29, 1.82) is 0 Å². The first-order chi connectivity index (χ1) is 9.20. The highest BCUT2D eigenvalue weighted by molar-refractivity contribution is 6.01. The number of carbonyl (C=O) groups excluding carboxylic acids is 2. The van der Waals surface area contributed by atoms with E-state index in [1.165, 1.54) is 25.1 Å². The maximum atomic E-state index is 12.1. The summed E-state index contributed by atoms with van der Waals surface area (Å²) in [7, 11) is 0. The van der Waals surface area contributed by atoms with Gasteiger partial charge in [-0.15, -0.1) is 0 Å². The highest BCUT2D eigenvalue weighted by Gasteiger charge is 2.38. The van der Waals surface area contributed by atoms with Crippen molar-refractivity contribution in [2.75, 3.05) is 5.32 Å². The van der Waals surface area contributed by atoms with Crippen LogP contribution in [0, 0.1) is 0 Å². The number of hydrogen-bond acceptors (Lipinski definition) is 3. The molecule has 0 radical (unpaired) electrons. The topological polar surface area (TPSA) is 70.6 Å². The Hall–Kier alpha value is -2.38. The Labute approximate surface area is 112 Å². The van der Waals surface area contributed by atoms with Gasteiger partial charge in [-0.3, -0.25) is 9.59 Å². The third-order valence-electron chi connectivity index (χ3n) is 2.18. The lowest BCUT2D eigenvalue weighted by atomic mass is 10.1. The summed E-state index contributed by atoms with van der Waals surface area (Å²) < 4.78 is 36.4. The van der Waals surface area contributed by atoms with E-state index in [-0.39, 0.29) is 11.6 Å². The zero-order valence-electron chi connectivity index (χ0n) is 10.7. The smallest absolute Gasteiger partial charge is 0.318 e. The fourth-order valence-corrected chi connectivity index (χ4v) is 1.25. The van der Waals surface area contributed by atoms with Gasteiger partial charge in [-0.2, -0.15) is 18.3 Å². The second kappa shape index (κ2) is 6.18. The molecule has 1 aromatic rings. The van der Waals surface area contributed by atoms with Crippen LogP contribution < -0.4 is 10.7 Å². The van der Waals surface area contributed by atoms with Gasteiger partial charge in [-0.05, 0) is 24.6 Å². The number of halogens is 3. The number of anilines is 1. The highest BCUT2D eigenvalue weighted by atomic mass is 19.4. The van der Waals surface area contributed by atoms with Crippen molar-refractivity contribution < 1.29 is 22.8 Å². The maximum absolute atomic E-state index is 12.1. The van der Waals surface area contributed by atoms with Crippen LogP contribution in [0.5, 0.6) is 0 Å². The van der Waals surface area contributed by atoms with E-state index < -0.39 is 12.1 Å². The van der Waals surface area contributed by atoms with Crippen molar-refractivity contribution >= 4 is 23.2 Å². The summed E-state index contributed by atoms with van der Waals surface area (Å²) in [5.41, 5.74) is 3.06. The second-order valence-corrected chi connectivity index (χ2v) is 3.90. The number of carbonyl (C=O) groups is 2. The van der Waals surface area contributed by atoms with Gasteiger partial charge < -0.3 is 5.32 Å². The SMILES string of the molecule is CC(=O)N/N=C(/C)c1cccc(NC(=O)C(F)(F)F)c1. The molecule has 0 fully saturated rings. The van der Waals surface area contributed by atoms with E-state index in [4.69, 9.17) is 0 Å². The minimum absolute atomic E-state index is 0.0119.